The molecule has 162 valence electrons. The van der Waals surface area contributed by atoms with Gasteiger partial charge in [-0.1, -0.05) is 12.1 Å². The Labute approximate surface area is 174 Å². The minimum atomic E-state index is -5.08. The number of aromatic nitrogens is 1. The molecular formula is C19H19F3N2O5S. The maximum Gasteiger partial charge on any atom is 0.490 e. The van der Waals surface area contributed by atoms with Crippen molar-refractivity contribution < 1.29 is 37.3 Å². The highest BCUT2D eigenvalue weighted by Crippen LogP contribution is 2.33. The van der Waals surface area contributed by atoms with Crippen LogP contribution in [0.2, 0.25) is 0 Å². The van der Waals surface area contributed by atoms with Crippen molar-refractivity contribution in [3.8, 4) is 5.88 Å². The fourth-order valence-electron chi connectivity index (χ4n) is 3.41. The molecule has 1 saturated carbocycles. The normalized spacial score (nSPS) is 23.2. The van der Waals surface area contributed by atoms with Gasteiger partial charge in [0.15, 0.2) is 0 Å². The highest BCUT2D eigenvalue weighted by atomic mass is 32.1. The molecule has 1 aliphatic carbocycles. The standard InChI is InChI=1S/C17H18N2O3S.C2HF3O2/c20-17(14-4-3-11-23-14)19-9-10-21-16-12(19)6-7-13(16)22-15-5-1-2-8-18-15;3-2(4,5)1(6)7/h1-5,8,11-13,16H,6-7,9-10H2;(H,6,7)/t12-,13+,16+;/m0./s1. The van der Waals surface area contributed by atoms with Gasteiger partial charge in [-0.15, -0.1) is 11.3 Å². The number of morpholine rings is 1. The van der Waals surface area contributed by atoms with Crippen LogP contribution >= 0.6 is 11.3 Å². The number of pyridine rings is 1. The molecule has 0 spiro atoms. The summed E-state index contributed by atoms with van der Waals surface area (Å²) >= 11 is 1.49. The Hall–Kier alpha value is -2.66. The number of alkyl halides is 3. The quantitative estimate of drug-likeness (QED) is 0.782. The molecular weight excluding hydrogens is 425 g/mol. The van der Waals surface area contributed by atoms with Crippen molar-refractivity contribution in [2.45, 2.75) is 37.3 Å². The number of hydrogen-bond acceptors (Lipinski definition) is 6. The number of carbonyl (C=O) groups is 2. The minimum absolute atomic E-state index is 0.0474. The van der Waals surface area contributed by atoms with E-state index >= 15 is 0 Å². The molecule has 7 nitrogen and oxygen atoms in total. The van der Waals surface area contributed by atoms with Crippen LogP contribution in [-0.4, -0.2) is 64.4 Å². The number of thiophene rings is 1. The summed E-state index contributed by atoms with van der Waals surface area (Å²) in [6.45, 7) is 1.20. The van der Waals surface area contributed by atoms with Gasteiger partial charge in [-0.3, -0.25) is 4.79 Å². The third-order valence-electron chi connectivity index (χ3n) is 4.68. The first-order valence-electron chi connectivity index (χ1n) is 9.11. The lowest BCUT2D eigenvalue weighted by atomic mass is 10.1. The van der Waals surface area contributed by atoms with E-state index < -0.39 is 12.1 Å². The van der Waals surface area contributed by atoms with Gasteiger partial charge in [-0.05, 0) is 30.4 Å². The molecule has 1 saturated heterocycles. The Kier molecular flexibility index (Phi) is 6.93. The second-order valence-electron chi connectivity index (χ2n) is 6.58. The van der Waals surface area contributed by atoms with E-state index in [1.54, 1.807) is 6.20 Å². The molecule has 2 aromatic heterocycles. The first-order valence-corrected chi connectivity index (χ1v) is 9.99. The second kappa shape index (κ2) is 9.43. The van der Waals surface area contributed by atoms with Crippen molar-refractivity contribution in [3.05, 3.63) is 46.8 Å². The molecule has 4 rings (SSSR count). The van der Waals surface area contributed by atoms with Crippen LogP contribution in [0, 0.1) is 0 Å². The van der Waals surface area contributed by atoms with Crippen molar-refractivity contribution >= 4 is 23.2 Å². The molecule has 0 radical (unpaired) electrons. The summed E-state index contributed by atoms with van der Waals surface area (Å²) in [4.78, 5) is 28.6. The topological polar surface area (TPSA) is 89.0 Å². The van der Waals surface area contributed by atoms with E-state index in [0.717, 1.165) is 17.7 Å². The highest BCUT2D eigenvalue weighted by molar-refractivity contribution is 7.12. The summed E-state index contributed by atoms with van der Waals surface area (Å²) in [6.07, 6.45) is -1.71. The smallest absolute Gasteiger partial charge is 0.475 e. The van der Waals surface area contributed by atoms with Crippen LogP contribution in [0.1, 0.15) is 22.5 Å². The Morgan fingerprint density at radius 2 is 2.00 bits per heavy atom. The number of fused-ring (bicyclic) bond motifs is 1. The van der Waals surface area contributed by atoms with Crippen LogP contribution in [0.15, 0.2) is 41.9 Å². The lowest BCUT2D eigenvalue weighted by Crippen LogP contribution is -2.54. The van der Waals surface area contributed by atoms with Crippen molar-refractivity contribution in [1.29, 1.82) is 0 Å². The zero-order valence-electron chi connectivity index (χ0n) is 15.6. The average Bonchev–Trinajstić information content (AvgIpc) is 3.38. The summed E-state index contributed by atoms with van der Waals surface area (Å²) in [5.41, 5.74) is 0. The fraction of sp³-hybridized carbons (Fsp3) is 0.421. The Bertz CT molecular complexity index is 848. The van der Waals surface area contributed by atoms with Gasteiger partial charge in [-0.2, -0.15) is 13.2 Å². The number of carboxylic acid groups (broad SMARTS) is 1. The molecule has 3 atom stereocenters. The third-order valence-corrected chi connectivity index (χ3v) is 5.54. The number of aliphatic carboxylic acids is 1. The van der Waals surface area contributed by atoms with Crippen LogP contribution in [0.25, 0.3) is 0 Å². The fourth-order valence-corrected chi connectivity index (χ4v) is 4.09. The number of carbonyl (C=O) groups excluding carboxylic acids is 1. The van der Waals surface area contributed by atoms with Crippen LogP contribution in [0.5, 0.6) is 5.88 Å². The lowest BCUT2D eigenvalue weighted by molar-refractivity contribution is -0.192. The van der Waals surface area contributed by atoms with Gasteiger partial charge in [0.05, 0.1) is 17.5 Å². The van der Waals surface area contributed by atoms with Crippen LogP contribution in [0.4, 0.5) is 13.2 Å². The SMILES string of the molecule is O=C(O)C(F)(F)F.O=C(c1cccs1)N1CCO[C@H]2[C@H](Oc3ccccn3)CC[C@@H]21. The van der Waals surface area contributed by atoms with E-state index in [-0.39, 0.29) is 24.2 Å². The van der Waals surface area contributed by atoms with E-state index in [2.05, 4.69) is 4.98 Å². The number of hydrogen-bond donors (Lipinski definition) is 1. The molecule has 0 aromatic carbocycles. The molecule has 1 N–H and O–H groups in total. The average molecular weight is 444 g/mol. The Balaban J connectivity index is 0.000000318. The Morgan fingerprint density at radius 1 is 1.23 bits per heavy atom. The molecule has 0 unspecified atom stereocenters. The number of nitrogens with zero attached hydrogens (tertiary/aromatic N) is 2. The Morgan fingerprint density at radius 3 is 2.60 bits per heavy atom. The summed E-state index contributed by atoms with van der Waals surface area (Å²) in [7, 11) is 0. The van der Waals surface area contributed by atoms with Gasteiger partial charge >= 0.3 is 12.1 Å². The zero-order chi connectivity index (χ0) is 21.7. The van der Waals surface area contributed by atoms with Gasteiger partial charge in [0, 0.05) is 18.8 Å². The number of halogens is 3. The van der Waals surface area contributed by atoms with E-state index in [4.69, 9.17) is 19.4 Å². The number of amides is 1. The molecule has 11 heteroatoms. The number of rotatable bonds is 3. The molecule has 3 heterocycles. The molecule has 1 aliphatic heterocycles. The zero-order valence-corrected chi connectivity index (χ0v) is 16.4. The minimum Gasteiger partial charge on any atom is -0.475 e. The number of ether oxygens (including phenoxy) is 2. The van der Waals surface area contributed by atoms with Crippen LogP contribution in [-0.2, 0) is 9.53 Å². The van der Waals surface area contributed by atoms with Gasteiger partial charge in [0.2, 0.25) is 5.88 Å². The predicted molar refractivity (Wildman–Crippen MR) is 100 cm³/mol. The van der Waals surface area contributed by atoms with E-state index in [9.17, 15) is 18.0 Å². The molecule has 30 heavy (non-hydrogen) atoms. The maximum atomic E-state index is 12.7. The van der Waals surface area contributed by atoms with Gasteiger partial charge in [0.25, 0.3) is 5.91 Å². The van der Waals surface area contributed by atoms with Gasteiger partial charge < -0.3 is 19.5 Å². The molecule has 2 aromatic rings. The van der Waals surface area contributed by atoms with Crippen LogP contribution in [0.3, 0.4) is 0 Å². The van der Waals surface area contributed by atoms with E-state index in [1.165, 1.54) is 11.3 Å². The molecule has 0 bridgehead atoms. The van der Waals surface area contributed by atoms with Crippen molar-refractivity contribution in [1.82, 2.24) is 9.88 Å². The second-order valence-corrected chi connectivity index (χ2v) is 7.53. The van der Waals surface area contributed by atoms with Crippen molar-refractivity contribution in [3.63, 3.8) is 0 Å². The van der Waals surface area contributed by atoms with E-state index in [0.29, 0.717) is 19.0 Å². The van der Waals surface area contributed by atoms with Crippen molar-refractivity contribution in [2.24, 2.45) is 0 Å². The first-order chi connectivity index (χ1) is 14.3. The summed E-state index contributed by atoms with van der Waals surface area (Å²) < 4.78 is 43.7. The highest BCUT2D eigenvalue weighted by Gasteiger charge is 2.46. The van der Waals surface area contributed by atoms with Crippen LogP contribution < -0.4 is 4.74 Å². The molecule has 2 aliphatic rings. The van der Waals surface area contributed by atoms with Gasteiger partial charge in [0.1, 0.15) is 12.2 Å². The summed E-state index contributed by atoms with van der Waals surface area (Å²) in [5.74, 6) is -2.03. The predicted octanol–water partition coefficient (Wildman–Crippen LogP) is 3.23. The summed E-state index contributed by atoms with van der Waals surface area (Å²) in [5, 5.41) is 9.06. The lowest BCUT2D eigenvalue weighted by Gasteiger charge is -2.38. The third kappa shape index (κ3) is 5.28. The maximum absolute atomic E-state index is 12.7. The van der Waals surface area contributed by atoms with Crippen molar-refractivity contribution in [2.75, 3.05) is 13.2 Å². The molecule has 2 fully saturated rings. The van der Waals surface area contributed by atoms with Gasteiger partial charge in [-0.25, -0.2) is 9.78 Å². The summed E-state index contributed by atoms with van der Waals surface area (Å²) in [6, 6.07) is 9.51. The number of carboxylic acids is 1. The molecule has 1 amide bonds. The van der Waals surface area contributed by atoms with E-state index in [1.807, 2.05) is 40.6 Å². The monoisotopic (exact) mass is 444 g/mol. The first kappa shape index (κ1) is 22.0. The largest absolute Gasteiger partial charge is 0.490 e.